The van der Waals surface area contributed by atoms with E-state index in [0.29, 0.717) is 0 Å². The highest BCUT2D eigenvalue weighted by Crippen LogP contribution is 2.33. The molecule has 0 fully saturated rings. The van der Waals surface area contributed by atoms with E-state index in [2.05, 4.69) is 48.6 Å². The molecule has 3 rings (SSSR count). The second kappa shape index (κ2) is 5.90. The lowest BCUT2D eigenvalue weighted by Gasteiger charge is -2.21. The van der Waals surface area contributed by atoms with Crippen LogP contribution >= 0.6 is 0 Å². The number of hydrogen-bond donors (Lipinski definition) is 1. The quantitative estimate of drug-likeness (QED) is 0.920. The molecule has 0 amide bonds. The molecule has 110 valence electrons. The van der Waals surface area contributed by atoms with E-state index in [-0.39, 0.29) is 6.04 Å². The van der Waals surface area contributed by atoms with Crippen LogP contribution in [-0.2, 0) is 12.8 Å². The molecular weight excluding hydrogens is 258 g/mol. The molecule has 0 aromatic heterocycles. The molecule has 2 heteroatoms. The predicted octanol–water partition coefficient (Wildman–Crippen LogP) is 3.80. The van der Waals surface area contributed by atoms with Gasteiger partial charge in [0, 0.05) is 5.56 Å². The van der Waals surface area contributed by atoms with Crippen LogP contribution in [0.3, 0.4) is 0 Å². The molecule has 0 aliphatic heterocycles. The Bertz CT molecular complexity index is 648. The van der Waals surface area contributed by atoms with Gasteiger partial charge in [0.15, 0.2) is 0 Å². The summed E-state index contributed by atoms with van der Waals surface area (Å²) in [6, 6.07) is 13.5. The fourth-order valence-electron chi connectivity index (χ4n) is 3.35. The lowest BCUT2D eigenvalue weighted by atomic mass is 9.94. The second-order valence-electron chi connectivity index (χ2n) is 5.85. The maximum absolute atomic E-state index is 5.56. The Morgan fingerprint density at radius 1 is 1.05 bits per heavy atom. The molecular formula is C19H23NO. The van der Waals surface area contributed by atoms with Gasteiger partial charge in [-0.1, -0.05) is 35.9 Å². The highest BCUT2D eigenvalue weighted by molar-refractivity contribution is 5.46. The third-order valence-corrected chi connectivity index (χ3v) is 4.44. The van der Waals surface area contributed by atoms with Gasteiger partial charge in [-0.05, 0) is 56.0 Å². The first kappa shape index (κ1) is 14.2. The third-order valence-electron chi connectivity index (χ3n) is 4.44. The Kier molecular flexibility index (Phi) is 3.98. The summed E-state index contributed by atoms with van der Waals surface area (Å²) in [5, 5.41) is 3.45. The van der Waals surface area contributed by atoms with Crippen LogP contribution in [0.5, 0.6) is 5.75 Å². The first-order valence-corrected chi connectivity index (χ1v) is 7.66. The van der Waals surface area contributed by atoms with Crippen molar-refractivity contribution >= 4 is 0 Å². The van der Waals surface area contributed by atoms with E-state index >= 15 is 0 Å². The van der Waals surface area contributed by atoms with Crippen molar-refractivity contribution in [3.8, 4) is 5.75 Å². The van der Waals surface area contributed by atoms with Gasteiger partial charge >= 0.3 is 0 Å². The molecule has 0 spiro atoms. The van der Waals surface area contributed by atoms with Gasteiger partial charge in [0.25, 0.3) is 0 Å². The Labute approximate surface area is 127 Å². The van der Waals surface area contributed by atoms with Gasteiger partial charge in [-0.3, -0.25) is 0 Å². The van der Waals surface area contributed by atoms with Gasteiger partial charge in [-0.2, -0.15) is 0 Å². The number of benzene rings is 2. The minimum absolute atomic E-state index is 0.172. The molecule has 1 atom stereocenters. The van der Waals surface area contributed by atoms with Crippen LogP contribution in [0.2, 0.25) is 0 Å². The van der Waals surface area contributed by atoms with E-state index in [0.717, 1.165) is 5.75 Å². The van der Waals surface area contributed by atoms with Gasteiger partial charge in [0.05, 0.1) is 13.2 Å². The van der Waals surface area contributed by atoms with Crippen molar-refractivity contribution < 1.29 is 4.74 Å². The van der Waals surface area contributed by atoms with E-state index in [1.54, 1.807) is 7.11 Å². The summed E-state index contributed by atoms with van der Waals surface area (Å²) in [6.45, 7) is 2.12. The first-order chi connectivity index (χ1) is 10.2. The summed E-state index contributed by atoms with van der Waals surface area (Å²) in [5.41, 5.74) is 6.82. The van der Waals surface area contributed by atoms with Gasteiger partial charge in [0.1, 0.15) is 5.75 Å². The molecule has 2 aromatic carbocycles. The SMILES string of the molecule is CNC(c1ccc2c(c1)CCC2)c1cc(C)ccc1OC. The summed E-state index contributed by atoms with van der Waals surface area (Å²) in [7, 11) is 3.75. The lowest BCUT2D eigenvalue weighted by Crippen LogP contribution is -2.19. The minimum atomic E-state index is 0.172. The topological polar surface area (TPSA) is 21.3 Å². The van der Waals surface area contributed by atoms with E-state index in [1.807, 2.05) is 7.05 Å². The van der Waals surface area contributed by atoms with Crippen LogP contribution in [0, 0.1) is 6.92 Å². The summed E-state index contributed by atoms with van der Waals surface area (Å²) < 4.78 is 5.56. The van der Waals surface area contributed by atoms with E-state index in [9.17, 15) is 0 Å². The number of hydrogen-bond acceptors (Lipinski definition) is 2. The van der Waals surface area contributed by atoms with Crippen molar-refractivity contribution in [1.82, 2.24) is 5.32 Å². The van der Waals surface area contributed by atoms with Crippen molar-refractivity contribution in [1.29, 1.82) is 0 Å². The molecule has 0 radical (unpaired) electrons. The predicted molar refractivity (Wildman–Crippen MR) is 87.1 cm³/mol. The normalized spacial score (nSPS) is 14.8. The van der Waals surface area contributed by atoms with Crippen molar-refractivity contribution in [2.24, 2.45) is 0 Å². The fraction of sp³-hybridized carbons (Fsp3) is 0.368. The monoisotopic (exact) mass is 281 g/mol. The molecule has 2 aromatic rings. The van der Waals surface area contributed by atoms with E-state index in [4.69, 9.17) is 4.74 Å². The number of ether oxygens (including phenoxy) is 1. The molecule has 0 saturated heterocycles. The molecule has 2 nitrogen and oxygen atoms in total. The van der Waals surface area contributed by atoms with Crippen LogP contribution in [-0.4, -0.2) is 14.2 Å². The zero-order valence-corrected chi connectivity index (χ0v) is 13.1. The Hall–Kier alpha value is -1.80. The summed E-state index contributed by atoms with van der Waals surface area (Å²) >= 11 is 0. The molecule has 1 N–H and O–H groups in total. The van der Waals surface area contributed by atoms with Crippen LogP contribution in [0.25, 0.3) is 0 Å². The van der Waals surface area contributed by atoms with E-state index < -0.39 is 0 Å². The van der Waals surface area contributed by atoms with Gasteiger partial charge in [-0.15, -0.1) is 0 Å². The molecule has 1 unspecified atom stereocenters. The molecule has 0 bridgehead atoms. The highest BCUT2D eigenvalue weighted by Gasteiger charge is 2.19. The number of nitrogens with one attached hydrogen (secondary N) is 1. The Morgan fingerprint density at radius 2 is 1.86 bits per heavy atom. The van der Waals surface area contributed by atoms with Gasteiger partial charge in [0.2, 0.25) is 0 Å². The van der Waals surface area contributed by atoms with Crippen LogP contribution < -0.4 is 10.1 Å². The van der Waals surface area contributed by atoms with Crippen LogP contribution in [0.15, 0.2) is 36.4 Å². The first-order valence-electron chi connectivity index (χ1n) is 7.66. The zero-order valence-electron chi connectivity index (χ0n) is 13.1. The summed E-state index contributed by atoms with van der Waals surface area (Å²) in [6.07, 6.45) is 3.73. The fourth-order valence-corrected chi connectivity index (χ4v) is 3.35. The smallest absolute Gasteiger partial charge is 0.123 e. The van der Waals surface area contributed by atoms with Gasteiger partial charge in [-0.25, -0.2) is 0 Å². The van der Waals surface area contributed by atoms with Crippen LogP contribution in [0.4, 0.5) is 0 Å². The average molecular weight is 281 g/mol. The lowest BCUT2D eigenvalue weighted by molar-refractivity contribution is 0.405. The highest BCUT2D eigenvalue weighted by atomic mass is 16.5. The molecule has 1 aliphatic carbocycles. The molecule has 0 saturated carbocycles. The van der Waals surface area contributed by atoms with Crippen molar-refractivity contribution in [2.45, 2.75) is 32.2 Å². The van der Waals surface area contributed by atoms with E-state index in [1.165, 1.54) is 47.1 Å². The zero-order chi connectivity index (χ0) is 14.8. The number of aryl methyl sites for hydroxylation is 3. The Balaban J connectivity index is 2.04. The second-order valence-corrected chi connectivity index (χ2v) is 5.85. The number of fused-ring (bicyclic) bond motifs is 1. The summed E-state index contributed by atoms with van der Waals surface area (Å²) in [4.78, 5) is 0. The average Bonchev–Trinajstić information content (AvgIpc) is 2.96. The maximum Gasteiger partial charge on any atom is 0.123 e. The summed E-state index contributed by atoms with van der Waals surface area (Å²) in [5.74, 6) is 0.945. The van der Waals surface area contributed by atoms with Crippen molar-refractivity contribution in [2.75, 3.05) is 14.2 Å². The molecule has 0 heterocycles. The minimum Gasteiger partial charge on any atom is -0.496 e. The Morgan fingerprint density at radius 3 is 2.62 bits per heavy atom. The van der Waals surface area contributed by atoms with Crippen molar-refractivity contribution in [3.05, 3.63) is 64.2 Å². The third kappa shape index (κ3) is 2.68. The van der Waals surface area contributed by atoms with Crippen LogP contribution in [0.1, 0.15) is 40.3 Å². The van der Waals surface area contributed by atoms with Gasteiger partial charge < -0.3 is 10.1 Å². The largest absolute Gasteiger partial charge is 0.496 e. The molecule has 1 aliphatic rings. The number of rotatable bonds is 4. The number of methoxy groups -OCH3 is 1. The molecule has 21 heavy (non-hydrogen) atoms. The standard InChI is InChI=1S/C19H23NO/c1-13-7-10-18(21-3)17(11-13)19(20-2)16-9-8-14-5-4-6-15(14)12-16/h7-12,19-20H,4-6H2,1-3H3. The van der Waals surface area contributed by atoms with Crippen molar-refractivity contribution in [3.63, 3.8) is 0 Å². The maximum atomic E-state index is 5.56.